The largest absolute Gasteiger partial charge is 0.478 e. The van der Waals surface area contributed by atoms with Crippen LogP contribution in [0.5, 0.6) is 0 Å². The van der Waals surface area contributed by atoms with Crippen LogP contribution in [0.4, 0.5) is 4.79 Å². The Balaban J connectivity index is 0.000000620. The summed E-state index contributed by atoms with van der Waals surface area (Å²) >= 11 is 0. The van der Waals surface area contributed by atoms with Crippen molar-refractivity contribution in [2.45, 2.75) is 24.8 Å². The molecular formula is C22H33N3O8S. The predicted molar refractivity (Wildman–Crippen MR) is 125 cm³/mol. The molecule has 2 amide bonds. The van der Waals surface area contributed by atoms with Crippen LogP contribution in [0.2, 0.25) is 0 Å². The summed E-state index contributed by atoms with van der Waals surface area (Å²) in [6.45, 7) is 8.44. The van der Waals surface area contributed by atoms with E-state index in [1.165, 1.54) is 0 Å². The van der Waals surface area contributed by atoms with Gasteiger partial charge in [-0.1, -0.05) is 18.2 Å². The normalized spacial score (nSPS) is 14.3. The number of hydrogen-bond donors (Lipinski definition) is 3. The van der Waals surface area contributed by atoms with Crippen LogP contribution < -0.4 is 5.32 Å². The van der Waals surface area contributed by atoms with Gasteiger partial charge in [-0.25, -0.2) is 22.8 Å². The summed E-state index contributed by atoms with van der Waals surface area (Å²) in [4.78, 5) is 35.7. The number of morpholine rings is 1. The molecule has 0 saturated carbocycles. The highest BCUT2D eigenvalue weighted by molar-refractivity contribution is 7.91. The Morgan fingerprint density at radius 1 is 1.09 bits per heavy atom. The van der Waals surface area contributed by atoms with Crippen molar-refractivity contribution in [3.63, 3.8) is 0 Å². The number of nitrogens with one attached hydrogen (secondary N) is 1. The first-order valence-corrected chi connectivity index (χ1v) is 12.4. The monoisotopic (exact) mass is 499 g/mol. The SMILES string of the molecule is CC(C)N(CCS(=O)(=O)c1ccccc1)C(=O)NCCN1CCOCC1.O=C(O)/C=C\C(=O)O. The molecule has 34 heavy (non-hydrogen) atoms. The van der Waals surface area contributed by atoms with Gasteiger partial charge in [0.1, 0.15) is 0 Å². The molecule has 11 nitrogen and oxygen atoms in total. The number of ether oxygens (including phenoxy) is 1. The lowest BCUT2D eigenvalue weighted by Crippen LogP contribution is -2.48. The molecular weight excluding hydrogens is 466 g/mol. The average molecular weight is 500 g/mol. The van der Waals surface area contributed by atoms with E-state index in [4.69, 9.17) is 14.9 Å². The predicted octanol–water partition coefficient (Wildman–Crippen LogP) is 0.924. The van der Waals surface area contributed by atoms with E-state index in [0.29, 0.717) is 18.7 Å². The summed E-state index contributed by atoms with van der Waals surface area (Å²) in [7, 11) is -3.40. The lowest BCUT2D eigenvalue weighted by Gasteiger charge is -2.29. The molecule has 0 atom stereocenters. The van der Waals surface area contributed by atoms with Gasteiger partial charge < -0.3 is 25.2 Å². The first-order chi connectivity index (χ1) is 16.0. The molecule has 1 fully saturated rings. The van der Waals surface area contributed by atoms with Crippen LogP contribution in [0, 0.1) is 0 Å². The molecule has 3 N–H and O–H groups in total. The van der Waals surface area contributed by atoms with Gasteiger partial charge in [0.25, 0.3) is 0 Å². The summed E-state index contributed by atoms with van der Waals surface area (Å²) in [6, 6.07) is 8.04. The molecule has 1 aliphatic heterocycles. The van der Waals surface area contributed by atoms with Crippen molar-refractivity contribution >= 4 is 27.8 Å². The topological polar surface area (TPSA) is 154 Å². The molecule has 1 aromatic carbocycles. The van der Waals surface area contributed by atoms with Gasteiger partial charge in [-0.3, -0.25) is 4.90 Å². The maximum absolute atomic E-state index is 12.5. The van der Waals surface area contributed by atoms with E-state index in [-0.39, 0.29) is 29.3 Å². The number of carbonyl (C=O) groups excluding carboxylic acids is 1. The van der Waals surface area contributed by atoms with Crippen LogP contribution in [-0.2, 0) is 24.2 Å². The first kappa shape index (κ1) is 29.1. The van der Waals surface area contributed by atoms with Gasteiger partial charge in [0.05, 0.1) is 23.9 Å². The number of carboxylic acids is 2. The number of urea groups is 1. The fourth-order valence-electron chi connectivity index (χ4n) is 2.95. The molecule has 190 valence electrons. The van der Waals surface area contributed by atoms with Crippen LogP contribution in [0.25, 0.3) is 0 Å². The zero-order chi connectivity index (χ0) is 25.6. The van der Waals surface area contributed by atoms with Crippen molar-refractivity contribution in [3.05, 3.63) is 42.5 Å². The van der Waals surface area contributed by atoms with Crippen LogP contribution >= 0.6 is 0 Å². The van der Waals surface area contributed by atoms with E-state index in [0.717, 1.165) is 32.8 Å². The second-order valence-electron chi connectivity index (χ2n) is 7.61. The zero-order valence-corrected chi connectivity index (χ0v) is 20.2. The zero-order valence-electron chi connectivity index (χ0n) is 19.4. The van der Waals surface area contributed by atoms with Gasteiger partial charge in [-0.15, -0.1) is 0 Å². The summed E-state index contributed by atoms with van der Waals surface area (Å²) < 4.78 is 30.2. The molecule has 0 aromatic heterocycles. The molecule has 0 unspecified atom stereocenters. The van der Waals surface area contributed by atoms with Gasteiger partial charge in [0.15, 0.2) is 9.84 Å². The van der Waals surface area contributed by atoms with Crippen molar-refractivity contribution in [3.8, 4) is 0 Å². The standard InChI is InChI=1S/C18H29N3O4S.C4H4O4/c1-16(2)21(12-15-26(23,24)17-6-4-3-5-7-17)18(22)19-8-9-20-10-13-25-14-11-20;5-3(6)1-2-4(7)8/h3-7,16H,8-15H2,1-2H3,(H,19,22);1-2H,(H,5,6)(H,7,8)/b;2-1-. The Kier molecular flexibility index (Phi) is 12.9. The highest BCUT2D eigenvalue weighted by Crippen LogP contribution is 2.11. The van der Waals surface area contributed by atoms with Crippen LogP contribution in [-0.4, -0.2) is 104 Å². The maximum atomic E-state index is 12.5. The number of carboxylic acid groups (broad SMARTS) is 2. The highest BCUT2D eigenvalue weighted by Gasteiger charge is 2.21. The molecule has 1 saturated heterocycles. The molecule has 0 bridgehead atoms. The summed E-state index contributed by atoms with van der Waals surface area (Å²) in [5.41, 5.74) is 0. The van der Waals surface area contributed by atoms with E-state index in [1.54, 1.807) is 35.2 Å². The van der Waals surface area contributed by atoms with Gasteiger partial charge in [0.2, 0.25) is 0 Å². The van der Waals surface area contributed by atoms with E-state index in [9.17, 15) is 22.8 Å². The Morgan fingerprint density at radius 2 is 1.65 bits per heavy atom. The molecule has 0 spiro atoms. The number of benzene rings is 1. The Hall–Kier alpha value is -2.96. The third-order valence-corrected chi connectivity index (χ3v) is 6.47. The van der Waals surface area contributed by atoms with Crippen molar-refractivity contribution in [1.29, 1.82) is 0 Å². The molecule has 1 heterocycles. The Bertz CT molecular complexity index is 897. The number of rotatable bonds is 10. The molecule has 1 aromatic rings. The Morgan fingerprint density at radius 3 is 2.15 bits per heavy atom. The molecule has 12 heteroatoms. The minimum atomic E-state index is -3.40. The number of carbonyl (C=O) groups is 3. The molecule has 1 aliphatic rings. The van der Waals surface area contributed by atoms with Crippen molar-refractivity contribution < 1.29 is 37.8 Å². The lowest BCUT2D eigenvalue weighted by molar-refractivity contribution is -0.134. The quantitative estimate of drug-likeness (QED) is 0.399. The van der Waals surface area contributed by atoms with E-state index >= 15 is 0 Å². The fraction of sp³-hybridized carbons (Fsp3) is 0.500. The summed E-state index contributed by atoms with van der Waals surface area (Å²) in [5.74, 6) is -2.61. The maximum Gasteiger partial charge on any atom is 0.328 e. The number of hydrogen-bond acceptors (Lipinski definition) is 7. The van der Waals surface area contributed by atoms with Crippen LogP contribution in [0.15, 0.2) is 47.4 Å². The molecule has 2 rings (SSSR count). The number of aliphatic carboxylic acids is 2. The first-order valence-electron chi connectivity index (χ1n) is 10.8. The average Bonchev–Trinajstić information content (AvgIpc) is 2.79. The van der Waals surface area contributed by atoms with Gasteiger partial charge >= 0.3 is 18.0 Å². The van der Waals surface area contributed by atoms with Crippen molar-refractivity contribution in [1.82, 2.24) is 15.1 Å². The molecule has 0 radical (unpaired) electrons. The van der Waals surface area contributed by atoms with Crippen LogP contribution in [0.1, 0.15) is 13.8 Å². The second kappa shape index (κ2) is 15.0. The van der Waals surface area contributed by atoms with Crippen molar-refractivity contribution in [2.24, 2.45) is 0 Å². The third-order valence-electron chi connectivity index (χ3n) is 4.76. The number of sulfone groups is 1. The fourth-order valence-corrected chi connectivity index (χ4v) is 4.19. The van der Waals surface area contributed by atoms with Crippen LogP contribution in [0.3, 0.4) is 0 Å². The van der Waals surface area contributed by atoms with E-state index < -0.39 is 21.8 Å². The Labute approximate surface area is 199 Å². The highest BCUT2D eigenvalue weighted by atomic mass is 32.2. The van der Waals surface area contributed by atoms with E-state index in [2.05, 4.69) is 10.2 Å². The lowest BCUT2D eigenvalue weighted by atomic mass is 10.3. The minimum absolute atomic E-state index is 0.0793. The van der Waals surface area contributed by atoms with E-state index in [1.807, 2.05) is 13.8 Å². The van der Waals surface area contributed by atoms with Gasteiger partial charge in [-0.05, 0) is 26.0 Å². The smallest absolute Gasteiger partial charge is 0.328 e. The number of amides is 2. The third kappa shape index (κ3) is 11.8. The molecule has 0 aliphatic carbocycles. The van der Waals surface area contributed by atoms with Gasteiger partial charge in [0, 0.05) is 50.9 Å². The van der Waals surface area contributed by atoms with Gasteiger partial charge in [-0.2, -0.15) is 0 Å². The second-order valence-corrected chi connectivity index (χ2v) is 9.72. The number of nitrogens with zero attached hydrogens (tertiary/aromatic N) is 2. The minimum Gasteiger partial charge on any atom is -0.478 e. The van der Waals surface area contributed by atoms with Crippen molar-refractivity contribution in [2.75, 3.05) is 51.7 Å². The summed E-state index contributed by atoms with van der Waals surface area (Å²) in [5, 5.41) is 18.5. The summed E-state index contributed by atoms with van der Waals surface area (Å²) in [6.07, 6.45) is 1.12.